The van der Waals surface area contributed by atoms with Crippen LogP contribution in [0, 0.1) is 12.8 Å². The number of aliphatic hydroxyl groups excluding tert-OH is 1. The Labute approximate surface area is 103 Å². The second-order valence-electron chi connectivity index (χ2n) is 5.00. The van der Waals surface area contributed by atoms with Crippen LogP contribution in [0.4, 0.5) is 0 Å². The molecule has 1 heterocycles. The number of likely N-dealkylation sites (N-methyl/N-ethyl adjacent to an activating group) is 1. The summed E-state index contributed by atoms with van der Waals surface area (Å²) in [7, 11) is 0. The van der Waals surface area contributed by atoms with Gasteiger partial charge in [0.15, 0.2) is 0 Å². The van der Waals surface area contributed by atoms with Crippen molar-refractivity contribution in [3.8, 4) is 0 Å². The van der Waals surface area contributed by atoms with Crippen molar-refractivity contribution in [3.05, 3.63) is 29.6 Å². The van der Waals surface area contributed by atoms with Crippen LogP contribution in [0.15, 0.2) is 18.2 Å². The third-order valence-electron chi connectivity index (χ3n) is 3.39. The summed E-state index contributed by atoms with van der Waals surface area (Å²) in [6.45, 7) is 6.71. The molecule has 0 bridgehead atoms. The van der Waals surface area contributed by atoms with Crippen molar-refractivity contribution in [1.29, 1.82) is 0 Å². The molecule has 0 aliphatic heterocycles. The molecule has 94 valence electrons. The lowest BCUT2D eigenvalue weighted by Gasteiger charge is -2.23. The Bertz CT molecular complexity index is 363. The van der Waals surface area contributed by atoms with Crippen molar-refractivity contribution in [2.75, 3.05) is 13.1 Å². The zero-order valence-corrected chi connectivity index (χ0v) is 10.8. The van der Waals surface area contributed by atoms with Gasteiger partial charge in [0.05, 0.1) is 11.8 Å². The first kappa shape index (κ1) is 12.5. The van der Waals surface area contributed by atoms with Crippen LogP contribution in [0.5, 0.6) is 0 Å². The molecule has 2 rings (SSSR count). The first-order chi connectivity index (χ1) is 8.19. The van der Waals surface area contributed by atoms with Crippen molar-refractivity contribution in [1.82, 2.24) is 9.88 Å². The van der Waals surface area contributed by atoms with Crippen LogP contribution in [0.25, 0.3) is 0 Å². The van der Waals surface area contributed by atoms with Crippen LogP contribution in [-0.2, 0) is 6.54 Å². The summed E-state index contributed by atoms with van der Waals surface area (Å²) in [5, 5.41) is 9.96. The Kier molecular flexibility index (Phi) is 4.13. The van der Waals surface area contributed by atoms with E-state index in [-0.39, 0.29) is 6.10 Å². The Morgan fingerprint density at radius 3 is 2.82 bits per heavy atom. The first-order valence-electron chi connectivity index (χ1n) is 6.52. The summed E-state index contributed by atoms with van der Waals surface area (Å²) in [4.78, 5) is 6.77. The third-order valence-corrected chi connectivity index (χ3v) is 3.39. The summed E-state index contributed by atoms with van der Waals surface area (Å²) >= 11 is 0. The topological polar surface area (TPSA) is 36.4 Å². The maximum atomic E-state index is 9.96. The molecular formula is C14H22N2O. The van der Waals surface area contributed by atoms with E-state index in [0.29, 0.717) is 5.92 Å². The van der Waals surface area contributed by atoms with Crippen molar-refractivity contribution in [3.63, 3.8) is 0 Å². The minimum absolute atomic E-state index is 0.153. The normalized spacial score (nSPS) is 17.4. The van der Waals surface area contributed by atoms with E-state index in [2.05, 4.69) is 22.9 Å². The number of rotatable bonds is 6. The van der Waals surface area contributed by atoms with Gasteiger partial charge in [0, 0.05) is 18.8 Å². The number of pyridine rings is 1. The number of aliphatic hydroxyl groups is 1. The van der Waals surface area contributed by atoms with Gasteiger partial charge < -0.3 is 5.11 Å². The fourth-order valence-corrected chi connectivity index (χ4v) is 2.12. The van der Waals surface area contributed by atoms with Crippen LogP contribution in [0.3, 0.4) is 0 Å². The molecular weight excluding hydrogens is 212 g/mol. The van der Waals surface area contributed by atoms with E-state index in [0.717, 1.165) is 31.0 Å². The van der Waals surface area contributed by atoms with Crippen LogP contribution in [-0.4, -0.2) is 34.2 Å². The van der Waals surface area contributed by atoms with E-state index in [1.165, 1.54) is 12.8 Å². The van der Waals surface area contributed by atoms with Gasteiger partial charge in [-0.25, -0.2) is 0 Å². The van der Waals surface area contributed by atoms with Gasteiger partial charge in [0.2, 0.25) is 0 Å². The van der Waals surface area contributed by atoms with Crippen molar-refractivity contribution >= 4 is 0 Å². The zero-order valence-electron chi connectivity index (χ0n) is 10.8. The fourth-order valence-electron chi connectivity index (χ4n) is 2.12. The fraction of sp³-hybridized carbons (Fsp3) is 0.643. The van der Waals surface area contributed by atoms with Gasteiger partial charge in [0.1, 0.15) is 0 Å². The molecule has 1 unspecified atom stereocenters. The average Bonchev–Trinajstić information content (AvgIpc) is 3.12. The molecule has 0 spiro atoms. The average molecular weight is 234 g/mol. The Morgan fingerprint density at radius 2 is 2.24 bits per heavy atom. The van der Waals surface area contributed by atoms with Gasteiger partial charge in [-0.1, -0.05) is 13.0 Å². The van der Waals surface area contributed by atoms with Gasteiger partial charge in [-0.2, -0.15) is 0 Å². The molecule has 0 radical (unpaired) electrons. The van der Waals surface area contributed by atoms with Gasteiger partial charge in [-0.05, 0) is 44.4 Å². The summed E-state index contributed by atoms with van der Waals surface area (Å²) in [5.74, 6) is 0.550. The molecule has 17 heavy (non-hydrogen) atoms. The number of hydrogen-bond acceptors (Lipinski definition) is 3. The maximum absolute atomic E-state index is 9.96. The van der Waals surface area contributed by atoms with Crippen molar-refractivity contribution in [2.24, 2.45) is 5.92 Å². The second-order valence-corrected chi connectivity index (χ2v) is 5.00. The van der Waals surface area contributed by atoms with Gasteiger partial charge in [-0.3, -0.25) is 9.88 Å². The lowest BCUT2D eigenvalue weighted by molar-refractivity contribution is 0.0937. The lowest BCUT2D eigenvalue weighted by Crippen LogP contribution is -2.33. The quantitative estimate of drug-likeness (QED) is 0.817. The van der Waals surface area contributed by atoms with E-state index < -0.39 is 0 Å². The number of aromatic nitrogens is 1. The van der Waals surface area contributed by atoms with Crippen LogP contribution >= 0.6 is 0 Å². The monoisotopic (exact) mass is 234 g/mol. The Morgan fingerprint density at radius 1 is 1.47 bits per heavy atom. The molecule has 1 aliphatic carbocycles. The zero-order chi connectivity index (χ0) is 12.3. The van der Waals surface area contributed by atoms with E-state index in [1.807, 2.05) is 19.1 Å². The van der Waals surface area contributed by atoms with Gasteiger partial charge >= 0.3 is 0 Å². The molecule has 1 aliphatic rings. The van der Waals surface area contributed by atoms with Crippen molar-refractivity contribution < 1.29 is 5.11 Å². The summed E-state index contributed by atoms with van der Waals surface area (Å²) in [6, 6.07) is 6.11. The van der Waals surface area contributed by atoms with Crippen LogP contribution in [0.2, 0.25) is 0 Å². The molecule has 0 amide bonds. The van der Waals surface area contributed by atoms with Crippen LogP contribution in [0.1, 0.15) is 31.2 Å². The van der Waals surface area contributed by atoms with E-state index in [9.17, 15) is 5.11 Å². The highest BCUT2D eigenvalue weighted by atomic mass is 16.3. The standard InChI is InChI=1S/C14H22N2O/c1-3-16(10-14(17)12-7-8-12)9-13-6-4-5-11(2)15-13/h4-6,12,14,17H,3,7-10H2,1-2H3. The van der Waals surface area contributed by atoms with E-state index in [4.69, 9.17) is 0 Å². The van der Waals surface area contributed by atoms with Gasteiger partial charge in [0.25, 0.3) is 0 Å². The van der Waals surface area contributed by atoms with Crippen molar-refractivity contribution in [2.45, 2.75) is 39.3 Å². The minimum atomic E-state index is -0.153. The second kappa shape index (κ2) is 5.61. The largest absolute Gasteiger partial charge is 0.392 e. The molecule has 1 saturated carbocycles. The smallest absolute Gasteiger partial charge is 0.0695 e. The third kappa shape index (κ3) is 3.79. The Hall–Kier alpha value is -0.930. The number of nitrogens with zero attached hydrogens (tertiary/aromatic N) is 2. The summed E-state index contributed by atoms with van der Waals surface area (Å²) < 4.78 is 0. The highest BCUT2D eigenvalue weighted by Crippen LogP contribution is 2.32. The molecule has 0 saturated heterocycles. The van der Waals surface area contributed by atoms with E-state index >= 15 is 0 Å². The molecule has 1 aromatic rings. The first-order valence-corrected chi connectivity index (χ1v) is 6.52. The molecule has 1 atom stereocenters. The predicted molar refractivity (Wildman–Crippen MR) is 68.7 cm³/mol. The number of hydrogen-bond donors (Lipinski definition) is 1. The summed E-state index contributed by atoms with van der Waals surface area (Å²) in [6.07, 6.45) is 2.24. The lowest BCUT2D eigenvalue weighted by atomic mass is 10.2. The molecule has 1 aromatic heterocycles. The molecule has 3 nitrogen and oxygen atoms in total. The predicted octanol–water partition coefficient (Wildman–Crippen LogP) is 1.98. The molecule has 1 fully saturated rings. The highest BCUT2D eigenvalue weighted by Gasteiger charge is 2.30. The molecule has 0 aromatic carbocycles. The van der Waals surface area contributed by atoms with Gasteiger partial charge in [-0.15, -0.1) is 0 Å². The van der Waals surface area contributed by atoms with E-state index in [1.54, 1.807) is 0 Å². The maximum Gasteiger partial charge on any atom is 0.0695 e. The Balaban J connectivity index is 1.89. The molecule has 1 N–H and O–H groups in total. The molecule has 3 heteroatoms. The highest BCUT2D eigenvalue weighted by molar-refractivity contribution is 5.09. The van der Waals surface area contributed by atoms with Crippen LogP contribution < -0.4 is 0 Å². The minimum Gasteiger partial charge on any atom is -0.392 e. The number of aryl methyl sites for hydroxylation is 1. The SMILES string of the molecule is CCN(Cc1cccc(C)n1)CC(O)C1CC1. The summed E-state index contributed by atoms with van der Waals surface area (Å²) in [5.41, 5.74) is 2.15.